The minimum absolute atomic E-state index is 0.137. The lowest BCUT2D eigenvalue weighted by molar-refractivity contribution is 0.0947. The standard InChI is InChI=1S/C15H21N3O/c1-12(2)5-4-10-17-15(19)14-8-7-13(11-18-14)6-3-9-16/h7-8,11-12H,4-5,9-10,16H2,1-2H3,(H,17,19). The van der Waals surface area contributed by atoms with Crippen LogP contribution in [-0.2, 0) is 0 Å². The SMILES string of the molecule is CC(C)CCCNC(=O)c1ccc(C#CCN)cn1. The van der Waals surface area contributed by atoms with Crippen molar-refractivity contribution in [1.29, 1.82) is 0 Å². The maximum Gasteiger partial charge on any atom is 0.269 e. The van der Waals surface area contributed by atoms with Crippen LogP contribution < -0.4 is 11.1 Å². The van der Waals surface area contributed by atoms with Crippen molar-refractivity contribution < 1.29 is 4.79 Å². The van der Waals surface area contributed by atoms with Crippen LogP contribution in [0.1, 0.15) is 42.7 Å². The van der Waals surface area contributed by atoms with Crippen molar-refractivity contribution in [2.45, 2.75) is 26.7 Å². The number of nitrogens with two attached hydrogens (primary N) is 1. The van der Waals surface area contributed by atoms with Crippen LogP contribution in [0, 0.1) is 17.8 Å². The second-order valence-electron chi connectivity index (χ2n) is 4.73. The number of hydrogen-bond acceptors (Lipinski definition) is 3. The molecule has 1 rings (SSSR count). The topological polar surface area (TPSA) is 68.0 Å². The third-order valence-electron chi connectivity index (χ3n) is 2.57. The highest BCUT2D eigenvalue weighted by atomic mass is 16.1. The van der Waals surface area contributed by atoms with Crippen molar-refractivity contribution in [3.8, 4) is 11.8 Å². The van der Waals surface area contributed by atoms with E-state index in [4.69, 9.17) is 5.73 Å². The van der Waals surface area contributed by atoms with Crippen LogP contribution in [0.5, 0.6) is 0 Å². The van der Waals surface area contributed by atoms with Crippen LogP contribution in [0.3, 0.4) is 0 Å². The fourth-order valence-corrected chi connectivity index (χ4v) is 1.56. The van der Waals surface area contributed by atoms with Crippen LogP contribution in [0.4, 0.5) is 0 Å². The molecule has 19 heavy (non-hydrogen) atoms. The molecule has 0 unspecified atom stereocenters. The van der Waals surface area contributed by atoms with Gasteiger partial charge in [-0.3, -0.25) is 4.79 Å². The molecule has 4 heteroatoms. The van der Waals surface area contributed by atoms with Crippen molar-refractivity contribution in [1.82, 2.24) is 10.3 Å². The minimum Gasteiger partial charge on any atom is -0.351 e. The molecule has 4 nitrogen and oxygen atoms in total. The predicted molar refractivity (Wildman–Crippen MR) is 76.6 cm³/mol. The molecule has 0 saturated carbocycles. The zero-order valence-electron chi connectivity index (χ0n) is 11.6. The van der Waals surface area contributed by atoms with Crippen molar-refractivity contribution in [3.63, 3.8) is 0 Å². The van der Waals surface area contributed by atoms with Crippen LogP contribution in [-0.4, -0.2) is 24.0 Å². The summed E-state index contributed by atoms with van der Waals surface area (Å²) in [5.74, 6) is 6.13. The van der Waals surface area contributed by atoms with Gasteiger partial charge in [0.25, 0.3) is 5.91 Å². The molecule has 0 saturated heterocycles. The molecule has 0 aromatic carbocycles. The number of nitrogens with zero attached hydrogens (tertiary/aromatic N) is 1. The molecule has 0 atom stereocenters. The Balaban J connectivity index is 2.44. The van der Waals surface area contributed by atoms with E-state index in [2.05, 4.69) is 36.0 Å². The van der Waals surface area contributed by atoms with E-state index >= 15 is 0 Å². The smallest absolute Gasteiger partial charge is 0.269 e. The lowest BCUT2D eigenvalue weighted by Crippen LogP contribution is -2.25. The largest absolute Gasteiger partial charge is 0.351 e. The summed E-state index contributed by atoms with van der Waals surface area (Å²) in [7, 11) is 0. The highest BCUT2D eigenvalue weighted by Crippen LogP contribution is 2.03. The Morgan fingerprint density at radius 2 is 2.26 bits per heavy atom. The summed E-state index contributed by atoms with van der Waals surface area (Å²) >= 11 is 0. The maximum atomic E-state index is 11.8. The zero-order valence-corrected chi connectivity index (χ0v) is 11.6. The number of amides is 1. The highest BCUT2D eigenvalue weighted by molar-refractivity contribution is 5.92. The van der Waals surface area contributed by atoms with E-state index in [1.165, 1.54) is 0 Å². The van der Waals surface area contributed by atoms with E-state index in [1.54, 1.807) is 18.3 Å². The Hall–Kier alpha value is -1.86. The van der Waals surface area contributed by atoms with Gasteiger partial charge in [-0.05, 0) is 30.9 Å². The first-order chi connectivity index (χ1) is 9.13. The average molecular weight is 259 g/mol. The number of carbonyl (C=O) groups is 1. The Morgan fingerprint density at radius 1 is 1.47 bits per heavy atom. The van der Waals surface area contributed by atoms with Gasteiger partial charge in [0.1, 0.15) is 5.69 Å². The number of pyridine rings is 1. The first-order valence-electron chi connectivity index (χ1n) is 6.56. The Labute approximate surface area is 114 Å². The normalized spacial score (nSPS) is 9.89. The molecular formula is C15H21N3O. The van der Waals surface area contributed by atoms with E-state index in [-0.39, 0.29) is 5.91 Å². The summed E-state index contributed by atoms with van der Waals surface area (Å²) in [6.07, 6.45) is 3.69. The molecule has 1 heterocycles. The van der Waals surface area contributed by atoms with Gasteiger partial charge in [0.05, 0.1) is 6.54 Å². The van der Waals surface area contributed by atoms with Gasteiger partial charge in [-0.25, -0.2) is 4.98 Å². The lowest BCUT2D eigenvalue weighted by atomic mass is 10.1. The second-order valence-corrected chi connectivity index (χ2v) is 4.73. The monoisotopic (exact) mass is 259 g/mol. The first kappa shape index (κ1) is 15.2. The van der Waals surface area contributed by atoms with Crippen LogP contribution in [0.2, 0.25) is 0 Å². The van der Waals surface area contributed by atoms with Gasteiger partial charge in [-0.1, -0.05) is 25.7 Å². The van der Waals surface area contributed by atoms with E-state index in [1.807, 2.05) is 0 Å². The summed E-state index contributed by atoms with van der Waals surface area (Å²) in [6.45, 7) is 5.35. The third kappa shape index (κ3) is 6.03. The molecule has 0 fully saturated rings. The first-order valence-corrected chi connectivity index (χ1v) is 6.56. The molecule has 3 N–H and O–H groups in total. The number of nitrogens with one attached hydrogen (secondary N) is 1. The van der Waals surface area contributed by atoms with Crippen LogP contribution in [0.25, 0.3) is 0 Å². The molecule has 0 aliphatic carbocycles. The molecule has 0 aliphatic rings. The van der Waals surface area contributed by atoms with Crippen molar-refractivity contribution >= 4 is 5.91 Å². The van der Waals surface area contributed by atoms with Crippen molar-refractivity contribution in [2.24, 2.45) is 11.7 Å². The molecule has 0 spiro atoms. The predicted octanol–water partition coefficient (Wildman–Crippen LogP) is 1.56. The van der Waals surface area contributed by atoms with Gasteiger partial charge in [0.2, 0.25) is 0 Å². The second kappa shape index (κ2) is 8.28. The van der Waals surface area contributed by atoms with E-state index in [9.17, 15) is 4.79 Å². The van der Waals surface area contributed by atoms with Gasteiger partial charge in [-0.2, -0.15) is 0 Å². The number of hydrogen-bond donors (Lipinski definition) is 2. The molecule has 1 aromatic rings. The quantitative estimate of drug-likeness (QED) is 0.623. The summed E-state index contributed by atoms with van der Waals surface area (Å²) in [6, 6.07) is 3.46. The van der Waals surface area contributed by atoms with Crippen LogP contribution in [0.15, 0.2) is 18.3 Å². The van der Waals surface area contributed by atoms with Crippen LogP contribution >= 0.6 is 0 Å². The minimum atomic E-state index is -0.137. The number of rotatable bonds is 5. The van der Waals surface area contributed by atoms with Gasteiger partial charge < -0.3 is 11.1 Å². The summed E-state index contributed by atoms with van der Waals surface area (Å²) in [5.41, 5.74) is 6.47. The number of carbonyl (C=O) groups excluding carboxylic acids is 1. The van der Waals surface area contributed by atoms with Gasteiger partial charge in [0.15, 0.2) is 0 Å². The maximum absolute atomic E-state index is 11.8. The van der Waals surface area contributed by atoms with Gasteiger partial charge >= 0.3 is 0 Å². The summed E-state index contributed by atoms with van der Waals surface area (Å²) in [5, 5.41) is 2.86. The van der Waals surface area contributed by atoms with Gasteiger partial charge in [0, 0.05) is 18.3 Å². The van der Waals surface area contributed by atoms with E-state index in [0.29, 0.717) is 24.7 Å². The molecule has 1 amide bonds. The molecule has 1 aromatic heterocycles. The van der Waals surface area contributed by atoms with Crippen molar-refractivity contribution in [3.05, 3.63) is 29.6 Å². The van der Waals surface area contributed by atoms with E-state index in [0.717, 1.165) is 18.4 Å². The average Bonchev–Trinajstić information content (AvgIpc) is 2.41. The Morgan fingerprint density at radius 3 is 2.84 bits per heavy atom. The highest BCUT2D eigenvalue weighted by Gasteiger charge is 2.05. The summed E-state index contributed by atoms with van der Waals surface area (Å²) in [4.78, 5) is 15.9. The Bertz CT molecular complexity index is 455. The molecule has 102 valence electrons. The molecule has 0 bridgehead atoms. The molecular weight excluding hydrogens is 238 g/mol. The van der Waals surface area contributed by atoms with E-state index < -0.39 is 0 Å². The third-order valence-corrected chi connectivity index (χ3v) is 2.57. The number of aromatic nitrogens is 1. The molecule has 0 aliphatic heterocycles. The fraction of sp³-hybridized carbons (Fsp3) is 0.467. The zero-order chi connectivity index (χ0) is 14.1. The fourth-order valence-electron chi connectivity index (χ4n) is 1.56. The summed E-state index contributed by atoms with van der Waals surface area (Å²) < 4.78 is 0. The van der Waals surface area contributed by atoms with Gasteiger partial charge in [-0.15, -0.1) is 0 Å². The lowest BCUT2D eigenvalue weighted by Gasteiger charge is -2.06. The van der Waals surface area contributed by atoms with Crippen molar-refractivity contribution in [2.75, 3.05) is 13.1 Å². The Kier molecular flexibility index (Phi) is 6.62. The molecule has 0 radical (unpaired) electrons.